The molecule has 0 N–H and O–H groups in total. The van der Waals surface area contributed by atoms with E-state index in [0.29, 0.717) is 0 Å². The Morgan fingerprint density at radius 2 is 1.10 bits per heavy atom. The fourth-order valence-electron chi connectivity index (χ4n) is 8.10. The normalized spacial score (nSPS) is 13.3. The Bertz CT molecular complexity index is 3400. The van der Waals surface area contributed by atoms with Gasteiger partial charge in [0.05, 0.1) is 34.6 Å². The molecule has 0 saturated carbocycles. The van der Waals surface area contributed by atoms with Gasteiger partial charge in [-0.1, -0.05) is 127 Å². The fraction of sp³-hybridized carbons (Fsp3) is 0. The number of hydrogen-bond acceptors (Lipinski definition) is 1. The summed E-state index contributed by atoms with van der Waals surface area (Å²) in [7, 11) is 0. The zero-order valence-corrected chi connectivity index (χ0v) is 27.2. The molecule has 3 heteroatoms. The largest absolute Gasteiger partial charge is 0.454 e. The van der Waals surface area contributed by atoms with Crippen molar-refractivity contribution in [3.8, 4) is 33.6 Å². The number of rotatable bonds is 4. The zero-order chi connectivity index (χ0) is 37.8. The van der Waals surface area contributed by atoms with Crippen molar-refractivity contribution < 1.29 is 11.3 Å². The second kappa shape index (κ2) is 10.8. The van der Waals surface area contributed by atoms with E-state index >= 15 is 0 Å². The molecule has 0 bridgehead atoms. The first kappa shape index (κ1) is 23.5. The Labute approximate surface area is 300 Å². The summed E-state index contributed by atoms with van der Waals surface area (Å²) in [6.45, 7) is 0. The Kier molecular flexibility index (Phi) is 4.99. The van der Waals surface area contributed by atoms with Gasteiger partial charge in [-0.15, -0.1) is 0 Å². The maximum Gasteiger partial charge on any atom is 0.160 e. The minimum absolute atomic E-state index is 0.135. The van der Waals surface area contributed by atoms with E-state index in [9.17, 15) is 0 Å². The van der Waals surface area contributed by atoms with Crippen molar-refractivity contribution in [3.63, 3.8) is 0 Å². The van der Waals surface area contributed by atoms with Crippen LogP contribution in [0.2, 0.25) is 0 Å². The molecule has 11 rings (SSSR count). The van der Waals surface area contributed by atoms with Gasteiger partial charge in [-0.25, -0.2) is 0 Å². The molecule has 11 aromatic rings. The average Bonchev–Trinajstić information content (AvgIpc) is 3.91. The molecule has 238 valence electrons. The van der Waals surface area contributed by atoms with E-state index in [1.54, 1.807) is 4.57 Å². The Balaban J connectivity index is 1.18. The number of furan rings is 1. The van der Waals surface area contributed by atoms with Crippen molar-refractivity contribution in [1.29, 1.82) is 0 Å². The molecule has 51 heavy (non-hydrogen) atoms. The molecule has 0 amide bonds. The molecule has 0 spiro atoms. The van der Waals surface area contributed by atoms with Crippen LogP contribution in [0.25, 0.3) is 99.2 Å². The summed E-state index contributed by atoms with van der Waals surface area (Å²) in [5.41, 5.74) is 10.7. The van der Waals surface area contributed by atoms with Crippen LogP contribution in [0.3, 0.4) is 0 Å². The predicted octanol–water partition coefficient (Wildman–Crippen LogP) is 13.1. The molecule has 0 aliphatic rings. The van der Waals surface area contributed by atoms with Gasteiger partial charge in [0, 0.05) is 38.0 Å². The maximum absolute atomic E-state index is 8.81. The number of benzene rings is 8. The minimum Gasteiger partial charge on any atom is -0.454 e. The third kappa shape index (κ3) is 4.06. The molecule has 0 atom stereocenters. The Hall–Kier alpha value is -6.84. The van der Waals surface area contributed by atoms with Crippen molar-refractivity contribution in [2.75, 3.05) is 0 Å². The van der Waals surface area contributed by atoms with E-state index < -0.39 is 6.04 Å². The molecular formula is C48H30N2O. The van der Waals surface area contributed by atoms with E-state index in [1.807, 2.05) is 48.5 Å². The molecule has 8 aromatic carbocycles. The van der Waals surface area contributed by atoms with Gasteiger partial charge in [0.15, 0.2) is 5.58 Å². The first-order valence-corrected chi connectivity index (χ1v) is 17.0. The molecule has 3 heterocycles. The number of aromatic nitrogens is 2. The van der Waals surface area contributed by atoms with Crippen LogP contribution in [-0.2, 0) is 0 Å². The lowest BCUT2D eigenvalue weighted by Gasteiger charge is -2.12. The van der Waals surface area contributed by atoms with Gasteiger partial charge in [0.2, 0.25) is 0 Å². The summed E-state index contributed by atoms with van der Waals surface area (Å²) in [5, 5.41) is 6.21. The fourth-order valence-corrected chi connectivity index (χ4v) is 8.10. The van der Waals surface area contributed by atoms with Crippen LogP contribution in [0.15, 0.2) is 186 Å². The van der Waals surface area contributed by atoms with Gasteiger partial charge in [-0.2, -0.15) is 0 Å². The molecule has 3 nitrogen and oxygen atoms in total. The van der Waals surface area contributed by atoms with Gasteiger partial charge < -0.3 is 13.6 Å². The van der Waals surface area contributed by atoms with E-state index in [-0.39, 0.29) is 29.9 Å². The number of fused-ring (bicyclic) bond motifs is 9. The van der Waals surface area contributed by atoms with Crippen molar-refractivity contribution in [2.24, 2.45) is 0 Å². The van der Waals surface area contributed by atoms with Crippen LogP contribution < -0.4 is 0 Å². The highest BCUT2D eigenvalue weighted by Crippen LogP contribution is 2.44. The summed E-state index contributed by atoms with van der Waals surface area (Å²) < 4.78 is 53.5. The lowest BCUT2D eigenvalue weighted by atomic mass is 9.97. The molecule has 0 saturated heterocycles. The van der Waals surface area contributed by atoms with Crippen LogP contribution in [0.5, 0.6) is 0 Å². The van der Waals surface area contributed by atoms with E-state index in [2.05, 4.69) is 108 Å². The van der Waals surface area contributed by atoms with E-state index in [0.717, 1.165) is 93.5 Å². The monoisotopic (exact) mass is 655 g/mol. The van der Waals surface area contributed by atoms with Gasteiger partial charge in [-0.05, 0) is 76.8 Å². The van der Waals surface area contributed by atoms with E-state index in [1.165, 1.54) is 0 Å². The molecule has 0 aliphatic carbocycles. The smallest absolute Gasteiger partial charge is 0.160 e. The van der Waals surface area contributed by atoms with Crippen LogP contribution >= 0.6 is 0 Å². The van der Waals surface area contributed by atoms with Crippen LogP contribution in [0.1, 0.15) is 6.85 Å². The van der Waals surface area contributed by atoms with Crippen molar-refractivity contribution >= 4 is 65.6 Å². The SMILES string of the molecule is [2H]c1c([2H])c([2H])c(-n2c3ccccc3c3cc(-c4cccc5c4c4ccccc4n5-c4ccc(-c5ccccc5)c5c4oc4ccccc45)ccc32)c([2H])c1[2H]. The quantitative estimate of drug-likeness (QED) is 0.185. The standard InChI is InChI=1S/C48H30N2O/c1-3-14-31(15-4-1)35-27-29-44(48-47(35)38-20-9-12-25-45(38)51-48)50-41-23-11-8-19-37(41)46-34(21-13-24-43(46)50)32-26-28-42-39(30-32)36-18-7-10-22-40(36)49(42)33-16-5-2-6-17-33/h1-30H/i2D,5D,6D,16D,17D. The topological polar surface area (TPSA) is 23.0 Å². The number of hydrogen-bond donors (Lipinski definition) is 0. The lowest BCUT2D eigenvalue weighted by molar-refractivity contribution is 0.666. The summed E-state index contributed by atoms with van der Waals surface area (Å²) >= 11 is 0. The van der Waals surface area contributed by atoms with Crippen LogP contribution in [0.4, 0.5) is 0 Å². The first-order valence-electron chi connectivity index (χ1n) is 19.5. The van der Waals surface area contributed by atoms with Crippen molar-refractivity contribution in [3.05, 3.63) is 182 Å². The van der Waals surface area contributed by atoms with Crippen molar-refractivity contribution in [1.82, 2.24) is 9.13 Å². The highest BCUT2D eigenvalue weighted by Gasteiger charge is 2.22. The third-order valence-electron chi connectivity index (χ3n) is 10.2. The van der Waals surface area contributed by atoms with E-state index in [4.69, 9.17) is 11.3 Å². The average molecular weight is 656 g/mol. The summed E-state index contributed by atoms with van der Waals surface area (Å²) in [6.07, 6.45) is 0. The second-order valence-electron chi connectivity index (χ2n) is 12.9. The molecule has 3 aromatic heterocycles. The van der Waals surface area contributed by atoms with Crippen LogP contribution in [0, 0.1) is 0 Å². The van der Waals surface area contributed by atoms with Gasteiger partial charge >= 0.3 is 0 Å². The molecule has 0 aliphatic heterocycles. The predicted molar refractivity (Wildman–Crippen MR) is 213 cm³/mol. The van der Waals surface area contributed by atoms with Gasteiger partial charge in [-0.3, -0.25) is 0 Å². The molecule has 0 radical (unpaired) electrons. The first-order chi connectivity index (χ1) is 27.4. The highest BCUT2D eigenvalue weighted by atomic mass is 16.3. The van der Waals surface area contributed by atoms with Crippen LogP contribution in [-0.4, -0.2) is 9.13 Å². The highest BCUT2D eigenvalue weighted by molar-refractivity contribution is 6.20. The lowest BCUT2D eigenvalue weighted by Crippen LogP contribution is -1.95. The molecule has 0 fully saturated rings. The molecule has 0 unspecified atom stereocenters. The number of para-hydroxylation sites is 4. The maximum atomic E-state index is 8.81. The Morgan fingerprint density at radius 1 is 0.431 bits per heavy atom. The van der Waals surface area contributed by atoms with Gasteiger partial charge in [0.25, 0.3) is 0 Å². The summed E-state index contributed by atoms with van der Waals surface area (Å²) in [5.74, 6) is 0. The summed E-state index contributed by atoms with van der Waals surface area (Å²) in [6, 6.07) is 50.4. The zero-order valence-electron chi connectivity index (χ0n) is 32.2. The molecular weight excluding hydrogens is 621 g/mol. The minimum atomic E-state index is -0.410. The third-order valence-corrected chi connectivity index (χ3v) is 10.2. The summed E-state index contributed by atoms with van der Waals surface area (Å²) in [4.78, 5) is 0. The van der Waals surface area contributed by atoms with Gasteiger partial charge in [0.1, 0.15) is 5.58 Å². The Morgan fingerprint density at radius 3 is 1.94 bits per heavy atom. The second-order valence-corrected chi connectivity index (χ2v) is 12.9. The van der Waals surface area contributed by atoms with Crippen molar-refractivity contribution in [2.45, 2.75) is 0 Å². The number of nitrogens with zero attached hydrogens (tertiary/aromatic N) is 2.